The molecule has 7 aliphatic rings. The summed E-state index contributed by atoms with van der Waals surface area (Å²) in [5.74, 6) is 1.01. The molecule has 11 aromatic rings. The predicted molar refractivity (Wildman–Crippen MR) is 558 cm³/mol. The number of fused-ring (bicyclic) bond motifs is 4. The van der Waals surface area contributed by atoms with Crippen LogP contribution in [0.25, 0.3) is 43.3 Å². The number of aliphatic hydroxyl groups is 1. The van der Waals surface area contributed by atoms with Gasteiger partial charge in [-0.05, 0) is 162 Å². The van der Waals surface area contributed by atoms with E-state index in [1.807, 2.05) is 298 Å². The van der Waals surface area contributed by atoms with Crippen LogP contribution >= 0.6 is 24.0 Å². The van der Waals surface area contributed by atoms with E-state index in [1.165, 1.54) is 81.2 Å². The molecule has 688 valence electrons. The van der Waals surface area contributed by atoms with E-state index in [4.69, 9.17) is 4.74 Å². The van der Waals surface area contributed by atoms with Crippen LogP contribution in [0.2, 0.25) is 0 Å². The number of ketones is 1. The first kappa shape index (κ1) is 127. The van der Waals surface area contributed by atoms with Gasteiger partial charge in [-0.25, -0.2) is 0 Å². The molecule has 3 aliphatic carbocycles. The molecule has 3 aromatic heterocycles. The molecule has 7 heterocycles. The minimum Gasteiger partial charge on any atom is -0.659 e. The van der Waals surface area contributed by atoms with Crippen molar-refractivity contribution in [1.29, 1.82) is 0 Å². The average Bonchev–Trinajstić information content (AvgIpc) is 1.74. The van der Waals surface area contributed by atoms with E-state index >= 15 is 0 Å². The summed E-state index contributed by atoms with van der Waals surface area (Å²) in [6, 6.07) is 80.1. The van der Waals surface area contributed by atoms with Crippen molar-refractivity contribution in [3.8, 4) is 0 Å². The fraction of sp³-hybridized carbons (Fsp3) is 0.455. The first-order chi connectivity index (χ1) is 60.1. The zero-order chi connectivity index (χ0) is 91.4. The Labute approximate surface area is 832 Å². The molecule has 5 unspecified atom stereocenters. The average molecular weight is 1970 g/mol. The van der Waals surface area contributed by atoms with Crippen LogP contribution < -0.4 is 20.0 Å². The Hall–Kier alpha value is -6.46. The topological polar surface area (TPSA) is 138 Å². The van der Waals surface area contributed by atoms with Crippen LogP contribution in [0.15, 0.2) is 255 Å². The van der Waals surface area contributed by atoms with E-state index in [2.05, 4.69) is 182 Å². The number of benzene rings is 8. The SMILES string of the molecule is C1CC2OC2C1.CC.CC.CC.CC.CC.CC.CC.CC.CC.CC.CC.Cc1ccccc1.I.O=C1CCCC1c1ccccc1.OC1CCCC1c1ccccc1.[CH2-]c1cccc(C)c1.[CH2-]c1ccccc1.[Y].[Y].c1cc(N2CCNCC2)c2cccnc2c1.c1cc(N2CC[N-]CC2)c2cccnc2c1.c1cc(N2CC[N-]CC2)c2cccnc2c1. The van der Waals surface area contributed by atoms with E-state index < -0.39 is 0 Å². The van der Waals surface area contributed by atoms with Crippen molar-refractivity contribution < 1.29 is 80.1 Å². The van der Waals surface area contributed by atoms with Gasteiger partial charge in [-0.3, -0.25) is 19.7 Å². The van der Waals surface area contributed by atoms with Crippen molar-refractivity contribution in [3.63, 3.8) is 0 Å². The minimum atomic E-state index is -0.104. The Morgan fingerprint density at radius 1 is 0.368 bits per heavy atom. The van der Waals surface area contributed by atoms with Gasteiger partial charge < -0.3 is 40.5 Å². The van der Waals surface area contributed by atoms with Gasteiger partial charge in [0.2, 0.25) is 0 Å². The van der Waals surface area contributed by atoms with Crippen molar-refractivity contribution in [1.82, 2.24) is 20.3 Å². The van der Waals surface area contributed by atoms with Crippen LogP contribution in [0.3, 0.4) is 0 Å². The number of aromatic nitrogens is 3. The summed E-state index contributed by atoms with van der Waals surface area (Å²) in [5.41, 5.74) is 14.4. The summed E-state index contributed by atoms with van der Waals surface area (Å²) in [6.07, 6.45) is 17.1. The maximum atomic E-state index is 11.4. The quantitative estimate of drug-likeness (QED) is 0.0973. The molecule has 8 aromatic carbocycles. The molecule has 2 radical (unpaired) electrons. The van der Waals surface area contributed by atoms with Crippen LogP contribution in [0.5, 0.6) is 0 Å². The molecular weight excluding hydrogens is 1800 g/mol. The van der Waals surface area contributed by atoms with Gasteiger partial charge in [0, 0.05) is 162 Å². The third-order valence-electron chi connectivity index (χ3n) is 18.9. The summed E-state index contributed by atoms with van der Waals surface area (Å²) < 4.78 is 5.15. The number of epoxide rings is 1. The second-order valence-electron chi connectivity index (χ2n) is 26.2. The van der Waals surface area contributed by atoms with Crippen molar-refractivity contribution in [2.75, 3.05) is 93.2 Å². The first-order valence-corrected chi connectivity index (χ1v) is 47.1. The molecule has 18 rings (SSSR count). The van der Waals surface area contributed by atoms with Gasteiger partial charge in [-0.2, -0.15) is 49.2 Å². The molecule has 3 saturated carbocycles. The fourth-order valence-electron chi connectivity index (χ4n) is 13.5. The maximum absolute atomic E-state index is 11.4. The summed E-state index contributed by atoms with van der Waals surface area (Å²) in [5, 5.41) is 25.5. The zero-order valence-corrected chi connectivity index (χ0v) is 90.3. The second-order valence-corrected chi connectivity index (χ2v) is 26.2. The summed E-state index contributed by atoms with van der Waals surface area (Å²) in [4.78, 5) is 31.8. The van der Waals surface area contributed by atoms with Crippen LogP contribution in [-0.4, -0.2) is 123 Å². The van der Waals surface area contributed by atoms with Gasteiger partial charge in [-0.1, -0.05) is 293 Å². The number of carbonyl (C=O) groups is 1. The number of nitrogens with zero attached hydrogens (tertiary/aromatic N) is 8. The molecule has 15 heteroatoms. The number of aliphatic hydroxyl groups excluding tert-OH is 1. The number of Topliss-reactive ketones (excluding diaryl/α,β-unsaturated/α-hetero) is 1. The molecule has 0 bridgehead atoms. The molecule has 2 N–H and O–H groups in total. The molecule has 125 heavy (non-hydrogen) atoms. The van der Waals surface area contributed by atoms with Gasteiger partial charge in [0.15, 0.2) is 0 Å². The van der Waals surface area contributed by atoms with Gasteiger partial charge >= 0.3 is 0 Å². The maximum Gasteiger partial charge on any atom is 0.140 e. The Bertz CT molecular complexity index is 3850. The Morgan fingerprint density at radius 3 is 0.992 bits per heavy atom. The number of ether oxygens (including phenoxy) is 1. The largest absolute Gasteiger partial charge is 0.659 e. The molecular formula is C110H168IN9O3Y2-4. The number of hydrogen-bond donors (Lipinski definition) is 2. The van der Waals surface area contributed by atoms with E-state index in [-0.39, 0.29) is 101 Å². The number of piperazine rings is 3. The second kappa shape index (κ2) is 86.9. The number of hydrogen-bond acceptors (Lipinski definition) is 10. The van der Waals surface area contributed by atoms with Gasteiger partial charge in [0.05, 0.1) is 34.9 Å². The molecule has 7 fully saturated rings. The van der Waals surface area contributed by atoms with Crippen LogP contribution in [0.4, 0.5) is 17.1 Å². The van der Waals surface area contributed by atoms with Crippen molar-refractivity contribution in [2.45, 2.75) is 254 Å². The molecule has 12 nitrogen and oxygen atoms in total. The van der Waals surface area contributed by atoms with Crippen molar-refractivity contribution in [2.24, 2.45) is 0 Å². The molecule has 4 aliphatic heterocycles. The molecule has 0 amide bonds. The smallest absolute Gasteiger partial charge is 0.140 e. The zero-order valence-electron chi connectivity index (χ0n) is 82.3. The normalized spacial score (nSPS) is 16.0. The Morgan fingerprint density at radius 2 is 0.704 bits per heavy atom. The monoisotopic (exact) mass is 1970 g/mol. The van der Waals surface area contributed by atoms with E-state index in [0.717, 1.165) is 138 Å². The van der Waals surface area contributed by atoms with E-state index in [9.17, 15) is 9.90 Å². The van der Waals surface area contributed by atoms with Crippen LogP contribution in [0.1, 0.15) is 255 Å². The number of anilines is 3. The molecule has 5 atom stereocenters. The van der Waals surface area contributed by atoms with E-state index in [0.29, 0.717) is 23.9 Å². The Balaban J connectivity index is -0.000000424. The number of nitrogens with one attached hydrogen (secondary N) is 1. The van der Waals surface area contributed by atoms with Crippen LogP contribution in [0, 0.1) is 27.7 Å². The molecule has 4 saturated heterocycles. The van der Waals surface area contributed by atoms with Crippen molar-refractivity contribution >= 4 is 79.5 Å². The van der Waals surface area contributed by atoms with Crippen LogP contribution in [-0.2, 0) is 74.9 Å². The number of aryl methyl sites for hydroxylation is 2. The number of halogens is 1. The summed E-state index contributed by atoms with van der Waals surface area (Å²) in [7, 11) is 0. The van der Waals surface area contributed by atoms with Gasteiger partial charge in [-0.15, -0.1) is 73.9 Å². The number of pyridine rings is 3. The minimum absolute atomic E-state index is 0. The summed E-state index contributed by atoms with van der Waals surface area (Å²) in [6.45, 7) is 67.8. The van der Waals surface area contributed by atoms with Crippen molar-refractivity contribution in [3.05, 3.63) is 313 Å². The number of rotatable bonds is 5. The summed E-state index contributed by atoms with van der Waals surface area (Å²) >= 11 is 0. The standard InChI is InChI=1S/C13H15N3.2C13H14N3.C11H14O.C11H12O.C8H9.C7H8.C7H7.C5H8O.11C2H6.HI.2Y/c3*1-4-12-11(3-2-6-15-12)13(5-1)16-9-7-14-8-10-16;2*12-11-8-4-7-10(11)9-5-2-1-3-6-9;1-7-4-3-5-8(2)6-7;2*1-7-5-3-2-4-6-7;1-2-4-5(3-1)6-4;11*1-2;;;/h1-6,14H,7-10H2;2*1-6H,7-10H2;1-3,5-6,10-12H,4,7-8H2;1-3,5-6,10H,4,7-8H2;3-6H,1H2,2H3;2-6H,1H3;2-6H,1H2;4-5H,1-3H2;11*1-2H3;1H;;/q;2*-1;;;-1;;-1;;;;;;;;;;;;;;;. The fourth-order valence-corrected chi connectivity index (χ4v) is 13.5. The van der Waals surface area contributed by atoms with Gasteiger partial charge in [0.25, 0.3) is 0 Å². The predicted octanol–water partition coefficient (Wildman–Crippen LogP) is 30.2. The number of carbonyl (C=O) groups excluding carboxylic acids is 1. The third-order valence-corrected chi connectivity index (χ3v) is 18.9. The van der Waals surface area contributed by atoms with E-state index in [1.54, 1.807) is 0 Å². The first-order valence-electron chi connectivity index (χ1n) is 47.1. The third kappa shape index (κ3) is 51.5. The Kier molecular flexibility index (Phi) is 88.3. The molecule has 0 spiro atoms. The van der Waals surface area contributed by atoms with Gasteiger partial charge in [0.1, 0.15) is 5.78 Å².